The first-order chi connectivity index (χ1) is 13.5. The molecule has 0 aliphatic rings. The molecule has 0 amide bonds. The van der Waals surface area contributed by atoms with Gasteiger partial charge in [-0.2, -0.15) is 0 Å². The molecule has 0 saturated carbocycles. The molecule has 3 aromatic rings. The summed E-state index contributed by atoms with van der Waals surface area (Å²) in [7, 11) is 0. The summed E-state index contributed by atoms with van der Waals surface area (Å²) in [6.07, 6.45) is 1.51. The Morgan fingerprint density at radius 3 is 2.07 bits per heavy atom. The maximum Gasteiger partial charge on any atom is 0.277 e. The third-order valence-electron chi connectivity index (χ3n) is 3.94. The van der Waals surface area contributed by atoms with Crippen molar-refractivity contribution in [3.8, 4) is 0 Å². The van der Waals surface area contributed by atoms with Crippen molar-refractivity contribution in [2.75, 3.05) is 11.5 Å². The van der Waals surface area contributed by atoms with Crippen LogP contribution in [0.15, 0.2) is 15.9 Å². The van der Waals surface area contributed by atoms with Crippen LogP contribution in [0.5, 0.6) is 0 Å². The third kappa shape index (κ3) is 5.21. The fourth-order valence-electron chi connectivity index (χ4n) is 2.67. The van der Waals surface area contributed by atoms with Gasteiger partial charge in [-0.1, -0.05) is 27.7 Å². The topological polar surface area (TPSA) is 156 Å². The van der Waals surface area contributed by atoms with Crippen molar-refractivity contribution in [1.29, 1.82) is 0 Å². The molecule has 7 N–H and O–H groups in total. The Balaban J connectivity index is 0.000000208. The Morgan fingerprint density at radius 1 is 0.966 bits per heavy atom. The van der Waals surface area contributed by atoms with Crippen molar-refractivity contribution >= 4 is 47.1 Å². The minimum atomic E-state index is -0.424. The summed E-state index contributed by atoms with van der Waals surface area (Å²) >= 11 is 10.1. The normalized spacial score (nSPS) is 11.1. The van der Waals surface area contributed by atoms with E-state index in [0.717, 1.165) is 6.54 Å². The summed E-state index contributed by atoms with van der Waals surface area (Å²) in [5.74, 6) is 1.07. The number of aromatic nitrogens is 6. The summed E-state index contributed by atoms with van der Waals surface area (Å²) in [5.41, 5.74) is 11.7. The molecular formula is C17H26N8O2S2. The standard InChI is InChI=1S/C9H12N4OS.C8H14N4OS/c1-5(2)3-13-7-6(10-4-11-7)8(14)12-9(13)15;1-4(2)3-12-6(10)5(9)7(13)11-8(12)14/h4-5H,3H2,1-2H3,(H,10,11)(H,12,14,15);4H,3,9-10H2,1-2H3,(H,11,13,14). The Labute approximate surface area is 177 Å². The highest BCUT2D eigenvalue weighted by molar-refractivity contribution is 7.71. The largest absolute Gasteiger partial charge is 0.391 e. The predicted octanol–water partition coefficient (Wildman–Crippen LogP) is 2.16. The zero-order chi connectivity index (χ0) is 21.9. The van der Waals surface area contributed by atoms with E-state index in [4.69, 9.17) is 35.9 Å². The molecule has 3 heterocycles. The molecule has 0 fully saturated rings. The first-order valence-corrected chi connectivity index (χ1v) is 9.88. The van der Waals surface area contributed by atoms with Crippen LogP contribution in [0.3, 0.4) is 0 Å². The molecule has 29 heavy (non-hydrogen) atoms. The average Bonchev–Trinajstić information content (AvgIpc) is 3.11. The minimum Gasteiger partial charge on any atom is -0.391 e. The van der Waals surface area contributed by atoms with Gasteiger partial charge in [0.25, 0.3) is 11.1 Å². The predicted molar refractivity (Wildman–Crippen MR) is 120 cm³/mol. The van der Waals surface area contributed by atoms with Crippen LogP contribution in [-0.2, 0) is 13.1 Å². The van der Waals surface area contributed by atoms with Crippen molar-refractivity contribution in [3.05, 3.63) is 36.6 Å². The smallest absolute Gasteiger partial charge is 0.277 e. The van der Waals surface area contributed by atoms with Crippen LogP contribution >= 0.6 is 24.4 Å². The molecule has 3 aromatic heterocycles. The van der Waals surface area contributed by atoms with Gasteiger partial charge in [0.05, 0.1) is 6.33 Å². The van der Waals surface area contributed by atoms with Crippen LogP contribution in [0.1, 0.15) is 27.7 Å². The Kier molecular flexibility index (Phi) is 7.14. The summed E-state index contributed by atoms with van der Waals surface area (Å²) in [6.45, 7) is 9.63. The molecule has 0 aliphatic carbocycles. The highest BCUT2D eigenvalue weighted by Gasteiger charge is 2.09. The van der Waals surface area contributed by atoms with Gasteiger partial charge in [0.2, 0.25) is 0 Å². The lowest BCUT2D eigenvalue weighted by Gasteiger charge is -2.13. The second-order valence-corrected chi connectivity index (χ2v) is 8.20. The molecule has 0 aliphatic heterocycles. The van der Waals surface area contributed by atoms with Crippen molar-refractivity contribution in [2.45, 2.75) is 40.8 Å². The van der Waals surface area contributed by atoms with Crippen LogP contribution in [0.2, 0.25) is 0 Å². The summed E-state index contributed by atoms with van der Waals surface area (Å²) < 4.78 is 4.22. The summed E-state index contributed by atoms with van der Waals surface area (Å²) in [5, 5.41) is 0. The van der Waals surface area contributed by atoms with Gasteiger partial charge in [-0.25, -0.2) is 4.98 Å². The van der Waals surface area contributed by atoms with E-state index in [2.05, 4.69) is 33.8 Å². The number of nitrogen functional groups attached to an aromatic ring is 2. The van der Waals surface area contributed by atoms with E-state index in [0.29, 0.717) is 39.1 Å². The van der Waals surface area contributed by atoms with Crippen LogP contribution in [-0.4, -0.2) is 29.1 Å². The number of H-pyrrole nitrogens is 3. The average molecular weight is 439 g/mol. The van der Waals surface area contributed by atoms with Gasteiger partial charge in [-0.05, 0) is 36.3 Å². The molecule has 0 unspecified atom stereocenters. The van der Waals surface area contributed by atoms with E-state index in [-0.39, 0.29) is 17.1 Å². The van der Waals surface area contributed by atoms with E-state index < -0.39 is 5.56 Å². The Bertz CT molecular complexity index is 1230. The number of nitrogens with one attached hydrogen (secondary N) is 3. The molecule has 3 rings (SSSR count). The first-order valence-electron chi connectivity index (χ1n) is 9.07. The lowest BCUT2D eigenvalue weighted by molar-refractivity contribution is 0.516. The van der Waals surface area contributed by atoms with Gasteiger partial charge in [-0.3, -0.25) is 19.6 Å². The SMILES string of the molecule is CC(C)Cn1c(=S)[nH]c(=O)c2[nH]cnc21.CC(C)Cn1c(N)c(N)c(=O)[nH]c1=S. The van der Waals surface area contributed by atoms with Gasteiger partial charge >= 0.3 is 0 Å². The molecule has 0 radical (unpaired) electrons. The zero-order valence-corrected chi connectivity index (χ0v) is 18.4. The Morgan fingerprint density at radius 2 is 1.48 bits per heavy atom. The van der Waals surface area contributed by atoms with Gasteiger partial charge in [-0.15, -0.1) is 0 Å². The van der Waals surface area contributed by atoms with Gasteiger partial charge in [0.15, 0.2) is 15.2 Å². The third-order valence-corrected chi connectivity index (χ3v) is 4.59. The van der Waals surface area contributed by atoms with Crippen LogP contribution in [0.4, 0.5) is 11.5 Å². The van der Waals surface area contributed by atoms with Crippen molar-refractivity contribution in [2.24, 2.45) is 11.8 Å². The fraction of sp³-hybridized carbons (Fsp3) is 0.471. The lowest BCUT2D eigenvalue weighted by atomic mass is 10.2. The zero-order valence-electron chi connectivity index (χ0n) is 16.8. The van der Waals surface area contributed by atoms with E-state index in [9.17, 15) is 9.59 Å². The number of nitrogens with two attached hydrogens (primary N) is 2. The summed E-state index contributed by atoms with van der Waals surface area (Å²) in [4.78, 5) is 34.7. The molecule has 158 valence electrons. The van der Waals surface area contributed by atoms with Crippen LogP contribution in [0, 0.1) is 21.4 Å². The molecule has 0 atom stereocenters. The van der Waals surface area contributed by atoms with Crippen LogP contribution in [0.25, 0.3) is 11.2 Å². The number of hydrogen-bond acceptors (Lipinski definition) is 7. The lowest BCUT2D eigenvalue weighted by Crippen LogP contribution is -2.22. The van der Waals surface area contributed by atoms with Gasteiger partial charge in [0, 0.05) is 13.1 Å². The molecule has 10 nitrogen and oxygen atoms in total. The van der Waals surface area contributed by atoms with Gasteiger partial charge in [0.1, 0.15) is 17.0 Å². The highest BCUT2D eigenvalue weighted by Crippen LogP contribution is 2.11. The number of rotatable bonds is 4. The molecule has 0 aromatic carbocycles. The van der Waals surface area contributed by atoms with E-state index in [1.165, 1.54) is 6.33 Å². The number of anilines is 2. The fourth-order valence-corrected chi connectivity index (χ4v) is 3.19. The van der Waals surface area contributed by atoms with E-state index in [1.54, 1.807) is 4.57 Å². The molecule has 0 bridgehead atoms. The quantitative estimate of drug-likeness (QED) is 0.391. The molecular weight excluding hydrogens is 412 g/mol. The maximum absolute atomic E-state index is 11.5. The van der Waals surface area contributed by atoms with E-state index in [1.807, 2.05) is 18.4 Å². The minimum absolute atomic E-state index is 0.0271. The number of imidazole rings is 1. The second-order valence-electron chi connectivity index (χ2n) is 7.43. The number of hydrogen-bond donors (Lipinski definition) is 5. The molecule has 12 heteroatoms. The molecule has 0 spiro atoms. The highest BCUT2D eigenvalue weighted by atomic mass is 32.1. The van der Waals surface area contributed by atoms with Crippen molar-refractivity contribution < 1.29 is 0 Å². The number of nitrogens with zero attached hydrogens (tertiary/aromatic N) is 3. The maximum atomic E-state index is 11.5. The summed E-state index contributed by atoms with van der Waals surface area (Å²) in [6, 6.07) is 0. The van der Waals surface area contributed by atoms with Crippen molar-refractivity contribution in [3.63, 3.8) is 0 Å². The molecule has 0 saturated heterocycles. The van der Waals surface area contributed by atoms with E-state index >= 15 is 0 Å². The number of fused-ring (bicyclic) bond motifs is 1. The van der Waals surface area contributed by atoms with Crippen LogP contribution < -0.4 is 22.6 Å². The van der Waals surface area contributed by atoms with Crippen molar-refractivity contribution in [1.82, 2.24) is 29.1 Å². The number of aromatic amines is 3. The first kappa shape index (κ1) is 22.6. The monoisotopic (exact) mass is 438 g/mol. The second kappa shape index (κ2) is 9.18. The van der Waals surface area contributed by atoms with Gasteiger partial charge < -0.3 is 25.6 Å². The Hall–Kier alpha value is -2.73.